The van der Waals surface area contributed by atoms with Crippen LogP contribution in [0.2, 0.25) is 0 Å². The second-order valence-corrected chi connectivity index (χ2v) is 6.05. The van der Waals surface area contributed by atoms with Gasteiger partial charge in [-0.05, 0) is 30.5 Å². The first kappa shape index (κ1) is 18.7. The van der Waals surface area contributed by atoms with E-state index in [0.717, 1.165) is 12.1 Å². The van der Waals surface area contributed by atoms with Crippen LogP contribution in [0, 0.1) is 11.6 Å². The molecule has 0 saturated carbocycles. The van der Waals surface area contributed by atoms with E-state index in [2.05, 4.69) is 5.32 Å². The van der Waals surface area contributed by atoms with Gasteiger partial charge in [0.2, 0.25) is 0 Å². The molecule has 0 aromatic heterocycles. The zero-order valence-electron chi connectivity index (χ0n) is 13.2. The van der Waals surface area contributed by atoms with Crippen molar-refractivity contribution in [2.24, 2.45) is 0 Å². The molecule has 4 N–H and O–H groups in total. The lowest BCUT2D eigenvalue weighted by Crippen LogP contribution is -2.59. The van der Waals surface area contributed by atoms with Crippen LogP contribution in [0.4, 0.5) is 8.78 Å². The Morgan fingerprint density at radius 1 is 1.25 bits per heavy atom. The number of nitrogens with zero attached hydrogens (tertiary/aromatic N) is 1. The molecule has 1 aliphatic rings. The fourth-order valence-corrected chi connectivity index (χ4v) is 2.74. The molecule has 2 rings (SSSR count). The molecular formula is C16H22F2N2O4. The highest BCUT2D eigenvalue weighted by atomic mass is 19.2. The number of carbonyl (C=O) groups excluding carboxylic acids is 1. The molecule has 24 heavy (non-hydrogen) atoms. The van der Waals surface area contributed by atoms with Gasteiger partial charge < -0.3 is 25.5 Å². The van der Waals surface area contributed by atoms with Crippen molar-refractivity contribution < 1.29 is 28.9 Å². The zero-order chi connectivity index (χ0) is 17.7. The number of rotatable bonds is 7. The smallest absolute Gasteiger partial charge is 0.256 e. The average Bonchev–Trinajstić information content (AvgIpc) is 2.56. The molecule has 0 radical (unpaired) electrons. The number of nitrogens with one attached hydrogen (secondary N) is 1. The first-order valence-corrected chi connectivity index (χ1v) is 7.80. The van der Waals surface area contributed by atoms with Gasteiger partial charge in [0.1, 0.15) is 0 Å². The second-order valence-electron chi connectivity index (χ2n) is 6.05. The van der Waals surface area contributed by atoms with Crippen molar-refractivity contribution in [3.05, 3.63) is 35.4 Å². The minimum Gasteiger partial charge on any atom is -0.395 e. The Balaban J connectivity index is 2.04. The number of piperidine rings is 1. The van der Waals surface area contributed by atoms with Gasteiger partial charge in [-0.3, -0.25) is 4.79 Å². The highest BCUT2D eigenvalue weighted by Crippen LogP contribution is 2.24. The average molecular weight is 344 g/mol. The molecule has 1 aliphatic heterocycles. The van der Waals surface area contributed by atoms with Crippen molar-refractivity contribution in [2.45, 2.75) is 31.0 Å². The Kier molecular flexibility index (Phi) is 6.22. The van der Waals surface area contributed by atoms with Crippen molar-refractivity contribution in [3.8, 4) is 0 Å². The van der Waals surface area contributed by atoms with Crippen molar-refractivity contribution in [3.63, 3.8) is 0 Å². The monoisotopic (exact) mass is 344 g/mol. The topological polar surface area (TPSA) is 93.0 Å². The number of aliphatic hydroxyl groups is 3. The normalized spacial score (nSPS) is 21.6. The number of hydrogen-bond acceptors (Lipinski definition) is 5. The fourth-order valence-electron chi connectivity index (χ4n) is 2.74. The molecule has 8 heteroatoms. The summed E-state index contributed by atoms with van der Waals surface area (Å²) < 4.78 is 26.3. The maximum atomic E-state index is 13.3. The Hall–Kier alpha value is -1.61. The lowest BCUT2D eigenvalue weighted by atomic mass is 9.91. The van der Waals surface area contributed by atoms with Gasteiger partial charge in [0.05, 0.1) is 19.3 Å². The van der Waals surface area contributed by atoms with Gasteiger partial charge in [0, 0.05) is 19.6 Å². The third kappa shape index (κ3) is 4.27. The highest BCUT2D eigenvalue weighted by Gasteiger charge is 2.42. The van der Waals surface area contributed by atoms with Gasteiger partial charge in [0.15, 0.2) is 17.2 Å². The molecule has 0 aliphatic carbocycles. The Morgan fingerprint density at radius 2 is 1.96 bits per heavy atom. The molecular weight excluding hydrogens is 322 g/mol. The van der Waals surface area contributed by atoms with E-state index in [1.54, 1.807) is 0 Å². The summed E-state index contributed by atoms with van der Waals surface area (Å²) >= 11 is 0. The second kappa shape index (κ2) is 7.98. The van der Waals surface area contributed by atoms with Crippen molar-refractivity contribution in [1.29, 1.82) is 0 Å². The molecule has 1 saturated heterocycles. The van der Waals surface area contributed by atoms with Crippen LogP contribution in [0.25, 0.3) is 0 Å². The largest absolute Gasteiger partial charge is 0.395 e. The molecule has 1 amide bonds. The molecule has 0 bridgehead atoms. The number of halogens is 2. The molecule has 0 spiro atoms. The summed E-state index contributed by atoms with van der Waals surface area (Å²) in [5, 5.41) is 31.4. The first-order chi connectivity index (χ1) is 11.4. The Morgan fingerprint density at radius 3 is 2.58 bits per heavy atom. The van der Waals surface area contributed by atoms with Gasteiger partial charge in [0.25, 0.3) is 5.91 Å². The van der Waals surface area contributed by atoms with E-state index in [0.29, 0.717) is 18.5 Å². The lowest BCUT2D eigenvalue weighted by molar-refractivity contribution is -0.157. The summed E-state index contributed by atoms with van der Waals surface area (Å²) in [6.07, 6.45) is 0.799. The minimum atomic E-state index is -1.65. The summed E-state index contributed by atoms with van der Waals surface area (Å²) in [6, 6.07) is 2.80. The summed E-state index contributed by atoms with van der Waals surface area (Å²) in [5.74, 6) is -2.45. The third-order valence-corrected chi connectivity index (χ3v) is 4.19. The van der Waals surface area contributed by atoms with Crippen LogP contribution in [-0.4, -0.2) is 64.1 Å². The molecule has 1 fully saturated rings. The maximum Gasteiger partial charge on any atom is 0.256 e. The van der Waals surface area contributed by atoms with E-state index in [9.17, 15) is 18.7 Å². The van der Waals surface area contributed by atoms with E-state index in [4.69, 9.17) is 10.2 Å². The van der Waals surface area contributed by atoms with Crippen molar-refractivity contribution in [1.82, 2.24) is 10.2 Å². The van der Waals surface area contributed by atoms with Crippen LogP contribution in [0.5, 0.6) is 0 Å². The number of likely N-dealkylation sites (tertiary alicyclic amines) is 1. The van der Waals surface area contributed by atoms with Gasteiger partial charge >= 0.3 is 0 Å². The molecule has 1 unspecified atom stereocenters. The van der Waals surface area contributed by atoms with Gasteiger partial charge in [-0.25, -0.2) is 8.78 Å². The predicted molar refractivity (Wildman–Crippen MR) is 81.9 cm³/mol. The van der Waals surface area contributed by atoms with Crippen molar-refractivity contribution >= 4 is 5.91 Å². The quantitative estimate of drug-likeness (QED) is 0.548. The van der Waals surface area contributed by atoms with Crippen LogP contribution in [0.3, 0.4) is 0 Å². The van der Waals surface area contributed by atoms with Crippen LogP contribution < -0.4 is 5.32 Å². The summed E-state index contributed by atoms with van der Waals surface area (Å²) in [6.45, 7) is -0.268. The highest BCUT2D eigenvalue weighted by molar-refractivity contribution is 5.86. The van der Waals surface area contributed by atoms with E-state index < -0.39 is 29.2 Å². The molecule has 134 valence electrons. The molecule has 1 heterocycles. The number of benzene rings is 1. The van der Waals surface area contributed by atoms with E-state index in [1.807, 2.05) is 0 Å². The van der Waals surface area contributed by atoms with Gasteiger partial charge in [-0.2, -0.15) is 0 Å². The summed E-state index contributed by atoms with van der Waals surface area (Å²) in [4.78, 5) is 13.9. The van der Waals surface area contributed by atoms with Crippen LogP contribution in [-0.2, 0) is 11.3 Å². The molecule has 6 nitrogen and oxygen atoms in total. The third-order valence-electron chi connectivity index (χ3n) is 4.19. The SMILES string of the molecule is O=C1N(Cc2ccc(F)c(F)c2)CCCC1(O)CNC(CO)CO. The van der Waals surface area contributed by atoms with Gasteiger partial charge in [-0.15, -0.1) is 0 Å². The van der Waals surface area contributed by atoms with Crippen LogP contribution in [0.1, 0.15) is 18.4 Å². The maximum absolute atomic E-state index is 13.3. The predicted octanol–water partition coefficient (Wildman–Crippen LogP) is -0.239. The van der Waals surface area contributed by atoms with E-state index in [-0.39, 0.29) is 32.7 Å². The Labute approximate surface area is 138 Å². The Bertz CT molecular complexity index is 583. The number of hydrogen-bond donors (Lipinski definition) is 4. The zero-order valence-corrected chi connectivity index (χ0v) is 13.2. The van der Waals surface area contributed by atoms with E-state index in [1.165, 1.54) is 11.0 Å². The van der Waals surface area contributed by atoms with Crippen molar-refractivity contribution in [2.75, 3.05) is 26.3 Å². The standard InChI is InChI=1S/C16H22F2N2O4/c17-13-3-2-11(6-14(13)18)7-20-5-1-4-16(24,15(20)23)10-19-12(8-21)9-22/h2-3,6,12,19,21-22,24H,1,4-5,7-10H2. The first-order valence-electron chi connectivity index (χ1n) is 7.80. The number of aliphatic hydroxyl groups excluding tert-OH is 2. The van der Waals surface area contributed by atoms with Crippen LogP contribution in [0.15, 0.2) is 18.2 Å². The molecule has 1 aromatic rings. The minimum absolute atomic E-state index is 0.0712. The lowest BCUT2D eigenvalue weighted by Gasteiger charge is -2.39. The molecule has 1 aromatic carbocycles. The van der Waals surface area contributed by atoms with Crippen LogP contribution >= 0.6 is 0 Å². The number of carbonyl (C=O) groups is 1. The summed E-state index contributed by atoms with van der Waals surface area (Å²) in [7, 11) is 0. The fraction of sp³-hybridized carbons (Fsp3) is 0.562. The van der Waals surface area contributed by atoms with E-state index >= 15 is 0 Å². The molecule has 1 atom stereocenters. The summed E-state index contributed by atoms with van der Waals surface area (Å²) in [5.41, 5.74) is -1.22. The number of amides is 1. The van der Waals surface area contributed by atoms with Gasteiger partial charge in [-0.1, -0.05) is 6.07 Å².